The van der Waals surface area contributed by atoms with Gasteiger partial charge in [0, 0.05) is 49.0 Å². The fraction of sp³-hybridized carbons (Fsp3) is 0.409. The van der Waals surface area contributed by atoms with Crippen LogP contribution in [0.1, 0.15) is 12.8 Å². The highest BCUT2D eigenvalue weighted by Gasteiger charge is 2.32. The maximum atomic E-state index is 13.1. The molecule has 1 aliphatic rings. The second kappa shape index (κ2) is 10.1. The lowest BCUT2D eigenvalue weighted by Crippen LogP contribution is -2.41. The molecule has 1 fully saturated rings. The summed E-state index contributed by atoms with van der Waals surface area (Å²) in [6.45, 7) is 0.492. The quantitative estimate of drug-likeness (QED) is 0.641. The molecule has 1 amide bonds. The molecule has 10 heteroatoms. The normalized spacial score (nSPS) is 15.1. The van der Waals surface area contributed by atoms with Crippen LogP contribution in [0.15, 0.2) is 41.3 Å². The Morgan fingerprint density at radius 1 is 0.875 bits per heavy atom. The van der Waals surface area contributed by atoms with Gasteiger partial charge in [-0.1, -0.05) is 0 Å². The van der Waals surface area contributed by atoms with Crippen LogP contribution in [0.25, 0.3) is 0 Å². The van der Waals surface area contributed by atoms with Gasteiger partial charge in [-0.3, -0.25) is 4.79 Å². The first-order chi connectivity index (χ1) is 15.3. The van der Waals surface area contributed by atoms with Crippen molar-refractivity contribution in [3.8, 4) is 23.0 Å². The predicted octanol–water partition coefficient (Wildman–Crippen LogP) is 2.76. The van der Waals surface area contributed by atoms with Crippen molar-refractivity contribution in [3.05, 3.63) is 36.4 Å². The van der Waals surface area contributed by atoms with Crippen molar-refractivity contribution < 1.29 is 32.2 Å². The van der Waals surface area contributed by atoms with Crippen molar-refractivity contribution in [1.82, 2.24) is 4.31 Å². The van der Waals surface area contributed by atoms with Crippen molar-refractivity contribution >= 4 is 21.6 Å². The van der Waals surface area contributed by atoms with E-state index in [1.165, 1.54) is 44.9 Å². The Hall–Kier alpha value is -2.98. The molecule has 0 saturated carbocycles. The molecule has 1 N–H and O–H groups in total. The zero-order valence-corrected chi connectivity index (χ0v) is 19.4. The van der Waals surface area contributed by atoms with Gasteiger partial charge in [-0.2, -0.15) is 4.31 Å². The van der Waals surface area contributed by atoms with Crippen molar-refractivity contribution in [3.63, 3.8) is 0 Å². The predicted molar refractivity (Wildman–Crippen MR) is 119 cm³/mol. The van der Waals surface area contributed by atoms with E-state index in [2.05, 4.69) is 5.32 Å². The molecule has 2 aromatic carbocycles. The third-order valence-corrected chi connectivity index (χ3v) is 7.33. The Labute approximate surface area is 188 Å². The SMILES string of the molecule is COc1cc(NC(=O)C2CCN(S(=O)(=O)c3ccc(OC)c(OC)c3)CC2)cc(OC)c1. The van der Waals surface area contributed by atoms with Crippen LogP contribution in [-0.2, 0) is 14.8 Å². The minimum absolute atomic E-state index is 0.126. The van der Waals surface area contributed by atoms with Crippen LogP contribution >= 0.6 is 0 Å². The highest BCUT2D eigenvalue weighted by molar-refractivity contribution is 7.89. The number of rotatable bonds is 8. The number of carbonyl (C=O) groups is 1. The van der Waals surface area contributed by atoms with Crippen molar-refractivity contribution in [2.75, 3.05) is 46.8 Å². The number of nitrogens with one attached hydrogen (secondary N) is 1. The molecule has 0 spiro atoms. The summed E-state index contributed by atoms with van der Waals surface area (Å²) in [7, 11) is 2.30. The summed E-state index contributed by atoms with van der Waals surface area (Å²) in [6.07, 6.45) is 0.832. The van der Waals surface area contributed by atoms with Crippen LogP contribution in [0.2, 0.25) is 0 Å². The first-order valence-electron chi connectivity index (χ1n) is 10.1. The van der Waals surface area contributed by atoms with Gasteiger partial charge in [0.1, 0.15) is 11.5 Å². The smallest absolute Gasteiger partial charge is 0.243 e. The number of nitrogens with zero attached hydrogens (tertiary/aromatic N) is 1. The summed E-state index contributed by atoms with van der Waals surface area (Å²) >= 11 is 0. The van der Waals surface area contributed by atoms with Gasteiger partial charge in [0.05, 0.1) is 33.3 Å². The highest BCUT2D eigenvalue weighted by atomic mass is 32.2. The molecule has 0 bridgehead atoms. The van der Waals surface area contributed by atoms with Crippen molar-refractivity contribution in [2.45, 2.75) is 17.7 Å². The fourth-order valence-electron chi connectivity index (χ4n) is 3.61. The Kier molecular flexibility index (Phi) is 7.47. The number of benzene rings is 2. The first-order valence-corrected chi connectivity index (χ1v) is 11.5. The molecule has 2 aromatic rings. The molecular weight excluding hydrogens is 436 g/mol. The van der Waals surface area contributed by atoms with Crippen LogP contribution in [0.4, 0.5) is 5.69 Å². The molecule has 1 saturated heterocycles. The van der Waals surface area contributed by atoms with Crippen LogP contribution in [0, 0.1) is 5.92 Å². The number of sulfonamides is 1. The van der Waals surface area contributed by atoms with Crippen molar-refractivity contribution in [2.24, 2.45) is 5.92 Å². The maximum absolute atomic E-state index is 13.1. The molecule has 174 valence electrons. The van der Waals surface area contributed by atoms with Gasteiger partial charge in [-0.05, 0) is 25.0 Å². The highest BCUT2D eigenvalue weighted by Crippen LogP contribution is 2.32. The summed E-state index contributed by atoms with van der Waals surface area (Å²) in [4.78, 5) is 12.9. The Bertz CT molecular complexity index is 1040. The second-order valence-corrected chi connectivity index (χ2v) is 9.22. The van der Waals surface area contributed by atoms with E-state index in [4.69, 9.17) is 18.9 Å². The monoisotopic (exact) mass is 464 g/mol. The summed E-state index contributed by atoms with van der Waals surface area (Å²) in [5, 5.41) is 2.88. The van der Waals surface area contributed by atoms with E-state index in [-0.39, 0.29) is 29.8 Å². The number of amides is 1. The lowest BCUT2D eigenvalue weighted by molar-refractivity contribution is -0.120. The van der Waals surface area contributed by atoms with E-state index in [1.54, 1.807) is 24.3 Å². The molecule has 0 unspecified atom stereocenters. The summed E-state index contributed by atoms with van der Waals surface area (Å²) in [5.41, 5.74) is 0.562. The summed E-state index contributed by atoms with van der Waals surface area (Å²) < 4.78 is 48.4. The number of hydrogen-bond donors (Lipinski definition) is 1. The molecule has 32 heavy (non-hydrogen) atoms. The van der Waals surface area contributed by atoms with Crippen LogP contribution in [-0.4, -0.2) is 60.2 Å². The van der Waals surface area contributed by atoms with Gasteiger partial charge in [-0.15, -0.1) is 0 Å². The van der Waals surface area contributed by atoms with E-state index in [0.29, 0.717) is 41.5 Å². The van der Waals surface area contributed by atoms with Crippen LogP contribution in [0.5, 0.6) is 23.0 Å². The third kappa shape index (κ3) is 5.08. The Balaban J connectivity index is 1.66. The topological polar surface area (TPSA) is 103 Å². The standard InChI is InChI=1S/C22H28N2O7S/c1-28-17-11-16(12-18(13-17)29-2)23-22(25)15-7-9-24(10-8-15)32(26,27)19-5-6-20(30-3)21(14-19)31-4/h5-6,11-15H,7-10H2,1-4H3,(H,23,25). The molecule has 9 nitrogen and oxygen atoms in total. The lowest BCUT2D eigenvalue weighted by atomic mass is 9.97. The van der Waals surface area contributed by atoms with Crippen LogP contribution in [0.3, 0.4) is 0 Å². The number of methoxy groups -OCH3 is 4. The number of ether oxygens (including phenoxy) is 4. The molecule has 0 aromatic heterocycles. The van der Waals surface area contributed by atoms with E-state index in [1.807, 2.05) is 0 Å². The summed E-state index contributed by atoms with van der Waals surface area (Å²) in [5.74, 6) is 1.46. The third-order valence-electron chi connectivity index (χ3n) is 5.44. The molecule has 3 rings (SSSR count). The zero-order valence-electron chi connectivity index (χ0n) is 18.6. The minimum atomic E-state index is -3.71. The average Bonchev–Trinajstić information content (AvgIpc) is 2.83. The Morgan fingerprint density at radius 3 is 2.00 bits per heavy atom. The number of anilines is 1. The van der Waals surface area contributed by atoms with Gasteiger partial charge < -0.3 is 24.3 Å². The van der Waals surface area contributed by atoms with Gasteiger partial charge in [-0.25, -0.2) is 8.42 Å². The molecule has 0 radical (unpaired) electrons. The summed E-state index contributed by atoms with van der Waals surface area (Å²) in [6, 6.07) is 9.63. The maximum Gasteiger partial charge on any atom is 0.243 e. The first kappa shape index (κ1) is 23.7. The van der Waals surface area contributed by atoms with E-state index < -0.39 is 10.0 Å². The molecular formula is C22H28N2O7S. The van der Waals surface area contributed by atoms with Gasteiger partial charge in [0.15, 0.2) is 11.5 Å². The molecule has 0 aliphatic carbocycles. The lowest BCUT2D eigenvalue weighted by Gasteiger charge is -2.30. The fourth-order valence-corrected chi connectivity index (χ4v) is 5.09. The number of carbonyl (C=O) groups excluding carboxylic acids is 1. The molecule has 1 aliphatic heterocycles. The number of piperidine rings is 1. The number of hydrogen-bond acceptors (Lipinski definition) is 7. The minimum Gasteiger partial charge on any atom is -0.497 e. The van der Waals surface area contributed by atoms with Gasteiger partial charge in [0.25, 0.3) is 0 Å². The Morgan fingerprint density at radius 2 is 1.47 bits per heavy atom. The zero-order chi connectivity index (χ0) is 23.3. The van der Waals surface area contributed by atoms with E-state index in [0.717, 1.165) is 0 Å². The molecule has 1 heterocycles. The second-order valence-electron chi connectivity index (χ2n) is 7.29. The van der Waals surface area contributed by atoms with Gasteiger partial charge in [0.2, 0.25) is 15.9 Å². The van der Waals surface area contributed by atoms with Gasteiger partial charge >= 0.3 is 0 Å². The van der Waals surface area contributed by atoms with E-state index in [9.17, 15) is 13.2 Å². The average molecular weight is 465 g/mol. The van der Waals surface area contributed by atoms with Crippen LogP contribution < -0.4 is 24.3 Å². The largest absolute Gasteiger partial charge is 0.497 e. The van der Waals surface area contributed by atoms with E-state index >= 15 is 0 Å². The van der Waals surface area contributed by atoms with Crippen molar-refractivity contribution in [1.29, 1.82) is 0 Å². The molecule has 0 atom stereocenters.